The Morgan fingerprint density at radius 2 is 1.96 bits per heavy atom. The number of methoxy groups -OCH3 is 1. The Hall–Kier alpha value is -2.97. The summed E-state index contributed by atoms with van der Waals surface area (Å²) >= 11 is 7.23. The normalized spacial score (nSPS) is 10.5. The van der Waals surface area contributed by atoms with E-state index in [0.717, 1.165) is 16.1 Å². The number of halogens is 1. The van der Waals surface area contributed by atoms with Gasteiger partial charge in [-0.25, -0.2) is 4.98 Å². The molecule has 0 aliphatic carbocycles. The molecule has 0 unspecified atom stereocenters. The van der Waals surface area contributed by atoms with Crippen molar-refractivity contribution in [2.45, 2.75) is 6.92 Å². The molecule has 0 bridgehead atoms. The first kappa shape index (κ1) is 18.8. The standard InChI is InChI=1S/C18H14ClN3O4S/c1-10-16(11-3-6-13(19)7-4-11)20-18(27-10)21-17(23)12-5-8-15(26-2)14(9-12)22(24)25/h3-9H,1-2H3,(H,20,21,23). The minimum atomic E-state index is -0.595. The zero-order valence-electron chi connectivity index (χ0n) is 14.4. The molecule has 3 rings (SSSR count). The third-order valence-electron chi connectivity index (χ3n) is 3.77. The highest BCUT2D eigenvalue weighted by Crippen LogP contribution is 2.32. The lowest BCUT2D eigenvalue weighted by Crippen LogP contribution is -2.12. The number of amides is 1. The third-order valence-corrected chi connectivity index (χ3v) is 4.91. The molecule has 0 saturated heterocycles. The molecule has 7 nitrogen and oxygen atoms in total. The van der Waals surface area contributed by atoms with Gasteiger partial charge < -0.3 is 4.74 Å². The molecule has 0 fully saturated rings. The van der Waals surface area contributed by atoms with Gasteiger partial charge in [0.1, 0.15) is 0 Å². The Kier molecular flexibility index (Phi) is 5.38. The smallest absolute Gasteiger partial charge is 0.311 e. The molecular formula is C18H14ClN3O4S. The number of hydrogen-bond acceptors (Lipinski definition) is 6. The monoisotopic (exact) mass is 403 g/mol. The first-order chi connectivity index (χ1) is 12.9. The second-order valence-corrected chi connectivity index (χ2v) is 7.17. The van der Waals surface area contributed by atoms with E-state index in [4.69, 9.17) is 16.3 Å². The van der Waals surface area contributed by atoms with E-state index in [2.05, 4.69) is 10.3 Å². The molecule has 9 heteroatoms. The van der Waals surface area contributed by atoms with Crippen LogP contribution in [0, 0.1) is 17.0 Å². The van der Waals surface area contributed by atoms with E-state index in [1.54, 1.807) is 12.1 Å². The number of thiazole rings is 1. The van der Waals surface area contributed by atoms with Crippen molar-refractivity contribution in [3.63, 3.8) is 0 Å². The maximum Gasteiger partial charge on any atom is 0.311 e. The van der Waals surface area contributed by atoms with Crippen LogP contribution in [0.5, 0.6) is 5.75 Å². The van der Waals surface area contributed by atoms with Gasteiger partial charge >= 0.3 is 5.69 Å². The molecule has 0 aliphatic heterocycles. The van der Waals surface area contributed by atoms with Gasteiger partial charge in [0.05, 0.1) is 17.7 Å². The van der Waals surface area contributed by atoms with Crippen molar-refractivity contribution in [3.8, 4) is 17.0 Å². The number of ether oxygens (including phenoxy) is 1. The number of nitro groups is 1. The van der Waals surface area contributed by atoms with Crippen LogP contribution in [-0.4, -0.2) is 22.9 Å². The molecule has 138 valence electrons. The Morgan fingerprint density at radius 3 is 2.59 bits per heavy atom. The second-order valence-electron chi connectivity index (χ2n) is 5.53. The lowest BCUT2D eigenvalue weighted by molar-refractivity contribution is -0.385. The molecule has 1 aromatic heterocycles. The first-order valence-electron chi connectivity index (χ1n) is 7.76. The van der Waals surface area contributed by atoms with Crippen LogP contribution >= 0.6 is 22.9 Å². The van der Waals surface area contributed by atoms with Crippen molar-refractivity contribution in [1.29, 1.82) is 0 Å². The maximum atomic E-state index is 12.5. The predicted molar refractivity (Wildman–Crippen MR) is 105 cm³/mol. The zero-order valence-corrected chi connectivity index (χ0v) is 15.9. The number of carbonyl (C=O) groups excluding carboxylic acids is 1. The van der Waals surface area contributed by atoms with Gasteiger partial charge in [0.15, 0.2) is 10.9 Å². The summed E-state index contributed by atoms with van der Waals surface area (Å²) < 4.78 is 4.94. The molecule has 0 radical (unpaired) electrons. The molecule has 0 spiro atoms. The Morgan fingerprint density at radius 1 is 1.26 bits per heavy atom. The van der Waals surface area contributed by atoms with Gasteiger partial charge in [0, 0.05) is 27.1 Å². The summed E-state index contributed by atoms with van der Waals surface area (Å²) in [5.74, 6) is -0.399. The van der Waals surface area contributed by atoms with E-state index < -0.39 is 10.8 Å². The highest BCUT2D eigenvalue weighted by molar-refractivity contribution is 7.16. The van der Waals surface area contributed by atoms with Crippen molar-refractivity contribution in [2.24, 2.45) is 0 Å². The largest absolute Gasteiger partial charge is 0.490 e. The molecule has 1 amide bonds. The van der Waals surface area contributed by atoms with Gasteiger partial charge in [0.2, 0.25) is 0 Å². The molecule has 3 aromatic rings. The van der Waals surface area contributed by atoms with Crippen molar-refractivity contribution in [3.05, 3.63) is 68.0 Å². The van der Waals surface area contributed by atoms with Gasteiger partial charge in [-0.3, -0.25) is 20.2 Å². The summed E-state index contributed by atoms with van der Waals surface area (Å²) in [6, 6.07) is 11.3. The number of benzene rings is 2. The summed E-state index contributed by atoms with van der Waals surface area (Å²) in [5, 5.41) is 14.8. The highest BCUT2D eigenvalue weighted by Gasteiger charge is 2.19. The second kappa shape index (κ2) is 7.73. The van der Waals surface area contributed by atoms with Gasteiger partial charge in [-0.2, -0.15) is 0 Å². The molecule has 1 heterocycles. The summed E-state index contributed by atoms with van der Waals surface area (Å²) in [5.41, 5.74) is 1.49. The van der Waals surface area contributed by atoms with Crippen molar-refractivity contribution in [1.82, 2.24) is 4.98 Å². The number of anilines is 1. The van der Waals surface area contributed by atoms with Gasteiger partial charge in [-0.1, -0.05) is 23.7 Å². The van der Waals surface area contributed by atoms with Crippen LogP contribution in [0.1, 0.15) is 15.2 Å². The van der Waals surface area contributed by atoms with Crippen molar-refractivity contribution < 1.29 is 14.5 Å². The number of aryl methyl sites for hydroxylation is 1. The van der Waals surface area contributed by atoms with E-state index >= 15 is 0 Å². The Balaban J connectivity index is 1.85. The molecule has 2 aromatic carbocycles. The maximum absolute atomic E-state index is 12.5. The van der Waals surface area contributed by atoms with Crippen LogP contribution in [0.3, 0.4) is 0 Å². The summed E-state index contributed by atoms with van der Waals surface area (Å²) in [7, 11) is 1.33. The minimum Gasteiger partial charge on any atom is -0.490 e. The number of aromatic nitrogens is 1. The molecule has 0 saturated carbocycles. The van der Waals surface area contributed by atoms with Crippen LogP contribution < -0.4 is 10.1 Å². The third kappa shape index (κ3) is 4.07. The van der Waals surface area contributed by atoms with E-state index in [-0.39, 0.29) is 17.0 Å². The topological polar surface area (TPSA) is 94.4 Å². The first-order valence-corrected chi connectivity index (χ1v) is 8.95. The average Bonchev–Trinajstić information content (AvgIpc) is 3.01. The average molecular weight is 404 g/mol. The van der Waals surface area contributed by atoms with E-state index in [1.165, 1.54) is 36.6 Å². The lowest BCUT2D eigenvalue weighted by atomic mass is 10.1. The molecule has 0 aliphatic rings. The van der Waals surface area contributed by atoms with Gasteiger partial charge in [0.25, 0.3) is 5.91 Å². The van der Waals surface area contributed by atoms with Gasteiger partial charge in [-0.05, 0) is 31.2 Å². The summed E-state index contributed by atoms with van der Waals surface area (Å²) in [6.07, 6.45) is 0. The van der Waals surface area contributed by atoms with E-state index in [0.29, 0.717) is 10.2 Å². The number of nitrogens with one attached hydrogen (secondary N) is 1. The number of hydrogen-bond donors (Lipinski definition) is 1. The minimum absolute atomic E-state index is 0.0895. The van der Waals surface area contributed by atoms with Crippen LogP contribution in [0.4, 0.5) is 10.8 Å². The molecule has 0 atom stereocenters. The summed E-state index contributed by atoms with van der Waals surface area (Å²) in [6.45, 7) is 1.90. The lowest BCUT2D eigenvalue weighted by Gasteiger charge is -2.05. The SMILES string of the molecule is COc1ccc(C(=O)Nc2nc(-c3ccc(Cl)cc3)c(C)s2)cc1[N+](=O)[O-]. The zero-order chi connectivity index (χ0) is 19.6. The quantitative estimate of drug-likeness (QED) is 0.481. The van der Waals surface area contributed by atoms with Crippen LogP contribution in [0.2, 0.25) is 5.02 Å². The molecule has 27 heavy (non-hydrogen) atoms. The van der Waals surface area contributed by atoms with E-state index in [9.17, 15) is 14.9 Å². The Bertz CT molecular complexity index is 1020. The number of carbonyl (C=O) groups is 1. The molecular weight excluding hydrogens is 390 g/mol. The number of nitro benzene ring substituents is 1. The number of nitrogens with zero attached hydrogens (tertiary/aromatic N) is 2. The fraction of sp³-hybridized carbons (Fsp3) is 0.111. The molecule has 1 N–H and O–H groups in total. The van der Waals surface area contributed by atoms with E-state index in [1.807, 2.05) is 19.1 Å². The van der Waals surface area contributed by atoms with Crippen molar-refractivity contribution >= 4 is 39.7 Å². The summed E-state index contributed by atoms with van der Waals surface area (Å²) in [4.78, 5) is 28.4. The van der Waals surface area contributed by atoms with Crippen LogP contribution in [0.25, 0.3) is 11.3 Å². The fourth-order valence-corrected chi connectivity index (χ4v) is 3.43. The number of rotatable bonds is 5. The van der Waals surface area contributed by atoms with Crippen LogP contribution in [0.15, 0.2) is 42.5 Å². The van der Waals surface area contributed by atoms with Crippen LogP contribution in [-0.2, 0) is 0 Å². The van der Waals surface area contributed by atoms with Gasteiger partial charge in [-0.15, -0.1) is 11.3 Å². The highest BCUT2D eigenvalue weighted by atomic mass is 35.5. The van der Waals surface area contributed by atoms with Crippen molar-refractivity contribution in [2.75, 3.05) is 12.4 Å². The Labute approximate surface area is 163 Å². The fourth-order valence-electron chi connectivity index (χ4n) is 2.47. The predicted octanol–water partition coefficient (Wildman–Crippen LogP) is 4.94.